The van der Waals surface area contributed by atoms with E-state index in [-0.39, 0.29) is 11.3 Å². The quantitative estimate of drug-likeness (QED) is 0.672. The van der Waals surface area contributed by atoms with Crippen LogP contribution in [0.4, 0.5) is 0 Å². The van der Waals surface area contributed by atoms with Crippen molar-refractivity contribution in [1.29, 1.82) is 0 Å². The van der Waals surface area contributed by atoms with Crippen molar-refractivity contribution in [3.8, 4) is 0 Å². The van der Waals surface area contributed by atoms with Gasteiger partial charge in [0, 0.05) is 6.54 Å². The molecule has 0 atom stereocenters. The van der Waals surface area contributed by atoms with Crippen LogP contribution in [0.1, 0.15) is 27.8 Å². The molecule has 6 heteroatoms. The largest absolute Gasteiger partial charge is 0.478 e. The monoisotopic (exact) mass is 183 g/mol. The molecule has 13 heavy (non-hydrogen) atoms. The first kappa shape index (κ1) is 9.24. The Kier molecular flexibility index (Phi) is 2.32. The van der Waals surface area contributed by atoms with Gasteiger partial charge in [-0.2, -0.15) is 5.10 Å². The molecule has 0 aliphatic heterocycles. The van der Waals surface area contributed by atoms with E-state index in [0.29, 0.717) is 6.54 Å². The maximum absolute atomic E-state index is 10.9. The SMILES string of the molecule is CCn1ncc(C(=O)O)c1C(N)=O. The minimum atomic E-state index is -1.20. The summed E-state index contributed by atoms with van der Waals surface area (Å²) < 4.78 is 1.26. The molecule has 0 saturated heterocycles. The number of aromatic nitrogens is 2. The van der Waals surface area contributed by atoms with Crippen LogP contribution < -0.4 is 5.73 Å². The van der Waals surface area contributed by atoms with Gasteiger partial charge in [0.15, 0.2) is 0 Å². The molecule has 0 aromatic carbocycles. The van der Waals surface area contributed by atoms with E-state index in [9.17, 15) is 9.59 Å². The molecular formula is C7H9N3O3. The third-order valence-electron chi connectivity index (χ3n) is 1.60. The minimum Gasteiger partial charge on any atom is -0.478 e. The van der Waals surface area contributed by atoms with Crippen molar-refractivity contribution < 1.29 is 14.7 Å². The van der Waals surface area contributed by atoms with Crippen molar-refractivity contribution >= 4 is 11.9 Å². The Morgan fingerprint density at radius 2 is 2.31 bits per heavy atom. The number of rotatable bonds is 3. The smallest absolute Gasteiger partial charge is 0.339 e. The Hall–Kier alpha value is -1.85. The summed E-state index contributed by atoms with van der Waals surface area (Å²) in [6.07, 6.45) is 1.12. The molecule has 1 aromatic rings. The molecule has 0 aliphatic carbocycles. The molecule has 70 valence electrons. The van der Waals surface area contributed by atoms with E-state index >= 15 is 0 Å². The number of carbonyl (C=O) groups excluding carboxylic acids is 1. The first-order chi connectivity index (χ1) is 6.07. The van der Waals surface area contributed by atoms with Gasteiger partial charge in [-0.15, -0.1) is 0 Å². The number of hydrogen-bond acceptors (Lipinski definition) is 3. The van der Waals surface area contributed by atoms with E-state index in [1.54, 1.807) is 6.92 Å². The van der Waals surface area contributed by atoms with Gasteiger partial charge in [0.25, 0.3) is 5.91 Å². The van der Waals surface area contributed by atoms with Gasteiger partial charge in [0.1, 0.15) is 11.3 Å². The molecule has 1 heterocycles. The highest BCUT2D eigenvalue weighted by atomic mass is 16.4. The number of nitrogens with two attached hydrogens (primary N) is 1. The topological polar surface area (TPSA) is 98.2 Å². The first-order valence-corrected chi connectivity index (χ1v) is 3.66. The normalized spacial score (nSPS) is 9.92. The standard InChI is InChI=1S/C7H9N3O3/c1-2-10-5(6(8)11)4(3-9-10)7(12)13/h3H,2H2,1H3,(H2,8,11)(H,12,13). The van der Waals surface area contributed by atoms with E-state index in [0.717, 1.165) is 6.20 Å². The Morgan fingerprint density at radius 1 is 1.69 bits per heavy atom. The van der Waals surface area contributed by atoms with Crippen LogP contribution in [0.2, 0.25) is 0 Å². The van der Waals surface area contributed by atoms with Crippen LogP contribution in [0.15, 0.2) is 6.20 Å². The van der Waals surface area contributed by atoms with Crippen LogP contribution in [0.3, 0.4) is 0 Å². The second kappa shape index (κ2) is 3.26. The lowest BCUT2D eigenvalue weighted by atomic mass is 10.2. The second-order valence-corrected chi connectivity index (χ2v) is 2.39. The van der Waals surface area contributed by atoms with Crippen molar-refractivity contribution in [3.05, 3.63) is 17.5 Å². The molecule has 1 aromatic heterocycles. The second-order valence-electron chi connectivity index (χ2n) is 2.39. The highest BCUT2D eigenvalue weighted by Crippen LogP contribution is 2.07. The van der Waals surface area contributed by atoms with Gasteiger partial charge in [-0.25, -0.2) is 4.79 Å². The summed E-state index contributed by atoms with van der Waals surface area (Å²) in [4.78, 5) is 21.5. The van der Waals surface area contributed by atoms with Gasteiger partial charge >= 0.3 is 5.97 Å². The lowest BCUT2D eigenvalue weighted by Crippen LogP contribution is -2.20. The highest BCUT2D eigenvalue weighted by Gasteiger charge is 2.19. The summed E-state index contributed by atoms with van der Waals surface area (Å²) in [5.74, 6) is -1.98. The summed E-state index contributed by atoms with van der Waals surface area (Å²) >= 11 is 0. The molecule has 0 radical (unpaired) electrons. The third kappa shape index (κ3) is 1.51. The maximum Gasteiger partial charge on any atom is 0.339 e. The van der Waals surface area contributed by atoms with Gasteiger partial charge in [-0.1, -0.05) is 0 Å². The van der Waals surface area contributed by atoms with Gasteiger partial charge in [-0.3, -0.25) is 9.48 Å². The summed E-state index contributed by atoms with van der Waals surface area (Å²) in [6, 6.07) is 0. The third-order valence-corrected chi connectivity index (χ3v) is 1.60. The molecule has 1 amide bonds. The lowest BCUT2D eigenvalue weighted by Gasteiger charge is -2.00. The first-order valence-electron chi connectivity index (χ1n) is 3.66. The molecule has 0 spiro atoms. The number of carboxylic acids is 1. The van der Waals surface area contributed by atoms with E-state index in [2.05, 4.69) is 5.10 Å². The van der Waals surface area contributed by atoms with Gasteiger partial charge in [-0.05, 0) is 6.92 Å². The summed E-state index contributed by atoms with van der Waals surface area (Å²) in [5.41, 5.74) is 4.79. The number of primary amides is 1. The number of aryl methyl sites for hydroxylation is 1. The lowest BCUT2D eigenvalue weighted by molar-refractivity contribution is 0.0691. The van der Waals surface area contributed by atoms with E-state index < -0.39 is 11.9 Å². The van der Waals surface area contributed by atoms with Crippen LogP contribution in [0.25, 0.3) is 0 Å². The number of amides is 1. The Labute approximate surface area is 74.0 Å². The summed E-state index contributed by atoms with van der Waals surface area (Å²) in [5, 5.41) is 12.4. The Morgan fingerprint density at radius 3 is 2.69 bits per heavy atom. The van der Waals surface area contributed by atoms with Gasteiger partial charge < -0.3 is 10.8 Å². The number of nitrogens with zero attached hydrogens (tertiary/aromatic N) is 2. The summed E-state index contributed by atoms with van der Waals surface area (Å²) in [6.45, 7) is 2.15. The van der Waals surface area contributed by atoms with E-state index in [1.165, 1.54) is 4.68 Å². The average Bonchev–Trinajstić information content (AvgIpc) is 2.46. The molecule has 0 bridgehead atoms. The minimum absolute atomic E-state index is 0.0602. The highest BCUT2D eigenvalue weighted by molar-refractivity contribution is 6.02. The molecule has 6 nitrogen and oxygen atoms in total. The van der Waals surface area contributed by atoms with Crippen molar-refractivity contribution in [3.63, 3.8) is 0 Å². The predicted octanol–water partition coefficient (Wildman–Crippen LogP) is -0.300. The zero-order chi connectivity index (χ0) is 10.0. The fourth-order valence-electron chi connectivity index (χ4n) is 1.04. The fourth-order valence-corrected chi connectivity index (χ4v) is 1.04. The number of hydrogen-bond donors (Lipinski definition) is 2. The van der Waals surface area contributed by atoms with Gasteiger partial charge in [0.2, 0.25) is 0 Å². The number of carbonyl (C=O) groups is 2. The fraction of sp³-hybridized carbons (Fsp3) is 0.286. The van der Waals surface area contributed by atoms with E-state index in [4.69, 9.17) is 10.8 Å². The van der Waals surface area contributed by atoms with Crippen LogP contribution in [0.5, 0.6) is 0 Å². The number of carboxylic acid groups (broad SMARTS) is 1. The molecule has 0 saturated carbocycles. The Balaban J connectivity index is 3.30. The van der Waals surface area contributed by atoms with Crippen molar-refractivity contribution in [1.82, 2.24) is 9.78 Å². The van der Waals surface area contributed by atoms with Gasteiger partial charge in [0.05, 0.1) is 6.20 Å². The molecule has 3 N–H and O–H groups in total. The van der Waals surface area contributed by atoms with E-state index in [1.807, 2.05) is 0 Å². The van der Waals surface area contributed by atoms with Crippen molar-refractivity contribution in [2.75, 3.05) is 0 Å². The zero-order valence-corrected chi connectivity index (χ0v) is 7.02. The molecular weight excluding hydrogens is 174 g/mol. The Bertz CT molecular complexity index is 356. The zero-order valence-electron chi connectivity index (χ0n) is 7.02. The molecule has 1 rings (SSSR count). The molecule has 0 fully saturated rings. The summed E-state index contributed by atoms with van der Waals surface area (Å²) in [7, 11) is 0. The maximum atomic E-state index is 10.9. The molecule has 0 unspecified atom stereocenters. The van der Waals surface area contributed by atoms with Crippen LogP contribution >= 0.6 is 0 Å². The predicted molar refractivity (Wildman–Crippen MR) is 43.4 cm³/mol. The van der Waals surface area contributed by atoms with Crippen molar-refractivity contribution in [2.24, 2.45) is 5.73 Å². The van der Waals surface area contributed by atoms with Crippen LogP contribution in [0, 0.1) is 0 Å². The van der Waals surface area contributed by atoms with Crippen LogP contribution in [-0.2, 0) is 6.54 Å². The van der Waals surface area contributed by atoms with Crippen molar-refractivity contribution in [2.45, 2.75) is 13.5 Å². The average molecular weight is 183 g/mol. The number of aromatic carboxylic acids is 1. The molecule has 0 aliphatic rings. The van der Waals surface area contributed by atoms with Crippen LogP contribution in [-0.4, -0.2) is 26.8 Å².